The lowest BCUT2D eigenvalue weighted by Gasteiger charge is -2.35. The van der Waals surface area contributed by atoms with Gasteiger partial charge < -0.3 is 19.3 Å². The molecule has 0 bridgehead atoms. The van der Waals surface area contributed by atoms with Crippen LogP contribution >= 0.6 is 0 Å². The van der Waals surface area contributed by atoms with Crippen molar-refractivity contribution in [2.45, 2.75) is 17.9 Å². The van der Waals surface area contributed by atoms with E-state index >= 15 is 0 Å². The second kappa shape index (κ2) is 13.8. The third-order valence-corrected chi connectivity index (χ3v) is 14.2. The van der Waals surface area contributed by atoms with Gasteiger partial charge in [-0.3, -0.25) is 0 Å². The summed E-state index contributed by atoms with van der Waals surface area (Å²) in [6.45, 7) is 0. The highest BCUT2D eigenvalue weighted by molar-refractivity contribution is 5.97. The first-order valence-electron chi connectivity index (χ1n) is 22.5. The molecule has 0 aromatic heterocycles. The molecule has 9 aromatic carbocycles. The van der Waals surface area contributed by atoms with Gasteiger partial charge in [0, 0.05) is 28.3 Å². The topological polar surface area (TPSA) is 24.9 Å². The molecule has 1 spiro atoms. The van der Waals surface area contributed by atoms with Crippen molar-refractivity contribution in [3.8, 4) is 56.4 Å². The minimum atomic E-state index is -0.478. The normalized spacial score (nSPS) is 16.0. The zero-order valence-electron chi connectivity index (χ0n) is 35.4. The van der Waals surface area contributed by atoms with Crippen molar-refractivity contribution in [2.75, 3.05) is 9.80 Å². The molecule has 65 heavy (non-hydrogen) atoms. The fourth-order valence-corrected chi connectivity index (χ4v) is 11.6. The Morgan fingerprint density at radius 2 is 1.06 bits per heavy atom. The second-order valence-corrected chi connectivity index (χ2v) is 17.5. The average Bonchev–Trinajstić information content (AvgIpc) is 3.97. The number of ether oxygens (including phenoxy) is 2. The Morgan fingerprint density at radius 3 is 1.80 bits per heavy atom. The van der Waals surface area contributed by atoms with Crippen LogP contribution in [0.1, 0.15) is 34.2 Å². The van der Waals surface area contributed by atoms with E-state index in [1.165, 1.54) is 61.5 Å². The number of para-hydroxylation sites is 3. The summed E-state index contributed by atoms with van der Waals surface area (Å²) < 4.78 is 14.3. The maximum Gasteiger partial charge on any atom is 0.194 e. The molecule has 14 rings (SSSR count). The van der Waals surface area contributed by atoms with Gasteiger partial charge in [0.05, 0.1) is 17.1 Å². The van der Waals surface area contributed by atoms with E-state index in [4.69, 9.17) is 9.47 Å². The van der Waals surface area contributed by atoms with E-state index in [-0.39, 0.29) is 6.04 Å². The van der Waals surface area contributed by atoms with Gasteiger partial charge in [-0.25, -0.2) is 0 Å². The summed E-state index contributed by atoms with van der Waals surface area (Å²) in [5.74, 6) is 2.78. The Labute approximate surface area is 378 Å². The molecule has 3 aliphatic carbocycles. The molecule has 0 radical (unpaired) electrons. The summed E-state index contributed by atoms with van der Waals surface area (Å²) >= 11 is 0. The Bertz CT molecular complexity index is 3450. The van der Waals surface area contributed by atoms with Crippen molar-refractivity contribution in [3.63, 3.8) is 0 Å². The molecular formula is C61H40N2O2. The number of anilines is 4. The lowest BCUT2D eigenvalue weighted by molar-refractivity contribution is 0.360. The van der Waals surface area contributed by atoms with E-state index in [0.29, 0.717) is 23.0 Å². The van der Waals surface area contributed by atoms with Gasteiger partial charge in [0.1, 0.15) is 0 Å². The van der Waals surface area contributed by atoms with Crippen LogP contribution in [0.5, 0.6) is 23.0 Å². The van der Waals surface area contributed by atoms with Crippen LogP contribution < -0.4 is 19.3 Å². The zero-order valence-corrected chi connectivity index (χ0v) is 35.4. The van der Waals surface area contributed by atoms with Gasteiger partial charge in [0.25, 0.3) is 0 Å². The predicted molar refractivity (Wildman–Crippen MR) is 263 cm³/mol. The lowest BCUT2D eigenvalue weighted by Crippen LogP contribution is -2.29. The first-order valence-corrected chi connectivity index (χ1v) is 22.5. The molecule has 4 nitrogen and oxygen atoms in total. The molecule has 4 heteroatoms. The number of fused-ring (bicyclic) bond motifs is 15. The van der Waals surface area contributed by atoms with E-state index < -0.39 is 5.41 Å². The summed E-state index contributed by atoms with van der Waals surface area (Å²) in [7, 11) is 0. The lowest BCUT2D eigenvalue weighted by atomic mass is 9.70. The maximum absolute atomic E-state index is 7.24. The second-order valence-electron chi connectivity index (χ2n) is 17.5. The van der Waals surface area contributed by atoms with Crippen molar-refractivity contribution in [1.82, 2.24) is 0 Å². The van der Waals surface area contributed by atoms with E-state index in [2.05, 4.69) is 228 Å². The summed E-state index contributed by atoms with van der Waals surface area (Å²) in [6.07, 6.45) is 5.61. The zero-order chi connectivity index (χ0) is 42.6. The minimum absolute atomic E-state index is 0.166. The minimum Gasteiger partial charge on any atom is -0.449 e. The number of nitrogens with zero attached hydrogens (tertiary/aromatic N) is 2. The van der Waals surface area contributed by atoms with Crippen LogP contribution in [0.3, 0.4) is 0 Å². The Morgan fingerprint density at radius 1 is 0.462 bits per heavy atom. The molecule has 0 amide bonds. The Kier molecular flexibility index (Phi) is 7.70. The van der Waals surface area contributed by atoms with Gasteiger partial charge in [-0.1, -0.05) is 164 Å². The van der Waals surface area contributed by atoms with Crippen molar-refractivity contribution < 1.29 is 9.47 Å². The molecule has 1 atom stereocenters. The standard InChI is InChI=1S/C61H40N2O2/c1-3-17-39(18-4-1)40-19-15-22-42(35-40)62(43-33-34-55-49(36-43)47-26-10-14-30-54(47)63(55)41-20-5-2-6-21-41)56-31-16-32-57-60(56)65-58-37-48-46-25-9-13-29-52(46)61(53(48)38-59(58)64-57)50-27-11-7-23-44(50)45-24-8-12-28-51(45)61/h1-33,35-38,55H,34H2. The highest BCUT2D eigenvalue weighted by atomic mass is 16.6. The quantitative estimate of drug-likeness (QED) is 0.172. The summed E-state index contributed by atoms with van der Waals surface area (Å²) in [5, 5.41) is 0. The molecule has 9 aromatic rings. The highest BCUT2D eigenvalue weighted by Gasteiger charge is 2.52. The van der Waals surface area contributed by atoms with Gasteiger partial charge >= 0.3 is 0 Å². The van der Waals surface area contributed by atoms with Crippen LogP contribution in [0.4, 0.5) is 22.7 Å². The number of benzene rings is 9. The SMILES string of the molecule is C1=C2c3ccccc3N(c3ccccc3)C2CC=C1N(c1cccc(-c2ccccc2)c1)c1cccc2c1Oc1cc3c(cc1O2)C1(c2ccccc2-c2ccccc21)c1ccccc1-3. The molecule has 2 heterocycles. The molecule has 1 unspecified atom stereocenters. The largest absolute Gasteiger partial charge is 0.449 e. The third kappa shape index (κ3) is 5.14. The maximum atomic E-state index is 7.24. The van der Waals surface area contributed by atoms with Gasteiger partial charge in [0.15, 0.2) is 23.0 Å². The average molecular weight is 833 g/mol. The fraction of sp³-hybridized carbons (Fsp3) is 0.0492. The van der Waals surface area contributed by atoms with E-state index in [0.717, 1.165) is 40.2 Å². The molecule has 0 fully saturated rings. The van der Waals surface area contributed by atoms with E-state index in [1.807, 2.05) is 6.07 Å². The first-order chi connectivity index (χ1) is 32.2. The van der Waals surface area contributed by atoms with Crippen LogP contribution in [0.25, 0.3) is 39.0 Å². The summed E-state index contributed by atoms with van der Waals surface area (Å²) in [4.78, 5) is 4.86. The number of hydrogen-bond donors (Lipinski definition) is 0. The van der Waals surface area contributed by atoms with E-state index in [1.54, 1.807) is 0 Å². The van der Waals surface area contributed by atoms with Crippen LogP contribution in [-0.2, 0) is 5.41 Å². The highest BCUT2D eigenvalue weighted by Crippen LogP contribution is 2.65. The monoisotopic (exact) mass is 832 g/mol. The molecule has 0 N–H and O–H groups in total. The molecule has 5 aliphatic rings. The van der Waals surface area contributed by atoms with Gasteiger partial charge in [0.2, 0.25) is 0 Å². The molecule has 306 valence electrons. The summed E-state index contributed by atoms with van der Waals surface area (Å²) in [5.41, 5.74) is 19.9. The van der Waals surface area contributed by atoms with Crippen LogP contribution in [0.2, 0.25) is 0 Å². The van der Waals surface area contributed by atoms with E-state index in [9.17, 15) is 0 Å². The van der Waals surface area contributed by atoms with Crippen LogP contribution in [0.15, 0.2) is 230 Å². The van der Waals surface area contributed by atoms with Crippen LogP contribution in [-0.4, -0.2) is 6.04 Å². The Hall–Kier alpha value is -8.34. The van der Waals surface area contributed by atoms with Crippen molar-refractivity contribution in [1.29, 1.82) is 0 Å². The number of hydrogen-bond acceptors (Lipinski definition) is 4. The third-order valence-electron chi connectivity index (χ3n) is 14.2. The molecule has 0 saturated carbocycles. The van der Waals surface area contributed by atoms with Crippen molar-refractivity contribution in [2.24, 2.45) is 0 Å². The van der Waals surface area contributed by atoms with Gasteiger partial charge in [-0.2, -0.15) is 0 Å². The van der Waals surface area contributed by atoms with Crippen molar-refractivity contribution >= 4 is 28.3 Å². The van der Waals surface area contributed by atoms with Gasteiger partial charge in [-0.05, 0) is 128 Å². The fourth-order valence-electron chi connectivity index (χ4n) is 11.6. The molecule has 2 aliphatic heterocycles. The number of rotatable bonds is 5. The Balaban J connectivity index is 0.927. The van der Waals surface area contributed by atoms with Crippen LogP contribution in [0, 0.1) is 0 Å². The van der Waals surface area contributed by atoms with Gasteiger partial charge in [-0.15, -0.1) is 0 Å². The van der Waals surface area contributed by atoms with Crippen molar-refractivity contribution in [3.05, 3.63) is 258 Å². The number of allylic oxidation sites excluding steroid dienone is 1. The smallest absolute Gasteiger partial charge is 0.194 e. The predicted octanol–water partition coefficient (Wildman–Crippen LogP) is 15.6. The first kappa shape index (κ1) is 36.2. The summed E-state index contributed by atoms with van der Waals surface area (Å²) in [6, 6.07) is 76.7. The molecule has 0 saturated heterocycles. The molecular weight excluding hydrogens is 793 g/mol.